The Bertz CT molecular complexity index is 173. The van der Waals surface area contributed by atoms with E-state index in [9.17, 15) is 0 Å². The molecule has 0 amide bonds. The molecule has 0 aromatic carbocycles. The predicted octanol–water partition coefficient (Wildman–Crippen LogP) is 2.99. The van der Waals surface area contributed by atoms with Crippen LogP contribution in [0.4, 0.5) is 0 Å². The topological polar surface area (TPSA) is 12.4 Å². The maximum Gasteiger partial charge on any atom is 0.0446 e. The van der Waals surface area contributed by atoms with Gasteiger partial charge in [-0.25, -0.2) is 0 Å². The highest BCUT2D eigenvalue weighted by Gasteiger charge is 1.86. The van der Waals surface area contributed by atoms with Gasteiger partial charge in [0.2, 0.25) is 0 Å². The summed E-state index contributed by atoms with van der Waals surface area (Å²) in [4.78, 5) is 4.35. The van der Waals surface area contributed by atoms with Gasteiger partial charge in [0.15, 0.2) is 0 Å². The molecule has 0 aliphatic heterocycles. The molecule has 11 heavy (non-hydrogen) atoms. The summed E-state index contributed by atoms with van der Waals surface area (Å²) >= 11 is 0. The third-order valence-corrected chi connectivity index (χ3v) is 1.10. The first-order valence-corrected chi connectivity index (χ1v) is 4.00. The molecule has 0 fully saturated rings. The molecule has 0 aromatic heterocycles. The molecule has 0 saturated carbocycles. The normalized spacial score (nSPS) is 14.1. The molecule has 0 atom stereocenters. The van der Waals surface area contributed by atoms with Gasteiger partial charge in [-0.05, 0) is 33.8 Å². The van der Waals surface area contributed by atoms with Crippen molar-refractivity contribution in [1.82, 2.24) is 0 Å². The Labute approximate surface area is 69.5 Å². The van der Waals surface area contributed by atoms with Crippen molar-refractivity contribution in [2.24, 2.45) is 4.99 Å². The minimum absolute atomic E-state index is 0.394. The zero-order valence-corrected chi connectivity index (χ0v) is 7.83. The Morgan fingerprint density at radius 3 is 2.36 bits per heavy atom. The highest BCUT2D eigenvalue weighted by Crippen LogP contribution is 1.89. The van der Waals surface area contributed by atoms with Crippen molar-refractivity contribution in [3.05, 3.63) is 24.3 Å². The van der Waals surface area contributed by atoms with E-state index in [2.05, 4.69) is 18.8 Å². The molecule has 62 valence electrons. The lowest BCUT2D eigenvalue weighted by Gasteiger charge is -1.95. The minimum atomic E-state index is 0.394. The Kier molecular flexibility index (Phi) is 5.44. The van der Waals surface area contributed by atoms with Crippen molar-refractivity contribution in [3.63, 3.8) is 0 Å². The Balaban J connectivity index is 3.94. The number of aliphatic imine (C=N–C) groups is 1. The minimum Gasteiger partial charge on any atom is -0.287 e. The van der Waals surface area contributed by atoms with Crippen LogP contribution in [0.3, 0.4) is 0 Å². The third kappa shape index (κ3) is 7.04. The lowest BCUT2D eigenvalue weighted by atomic mass is 10.3. The highest BCUT2D eigenvalue weighted by atomic mass is 14.8. The van der Waals surface area contributed by atoms with Gasteiger partial charge in [0.05, 0.1) is 0 Å². The quantitative estimate of drug-likeness (QED) is 0.434. The van der Waals surface area contributed by atoms with E-state index in [1.807, 2.05) is 38.2 Å². The van der Waals surface area contributed by atoms with Crippen molar-refractivity contribution in [1.29, 1.82) is 0 Å². The van der Waals surface area contributed by atoms with Gasteiger partial charge in [-0.15, -0.1) is 0 Å². The zero-order valence-electron chi connectivity index (χ0n) is 7.83. The van der Waals surface area contributed by atoms with Gasteiger partial charge in [0.1, 0.15) is 0 Å². The molecule has 0 bridgehead atoms. The van der Waals surface area contributed by atoms with Crippen LogP contribution in [0.25, 0.3) is 0 Å². The van der Waals surface area contributed by atoms with Crippen LogP contribution in [0.15, 0.2) is 29.3 Å². The van der Waals surface area contributed by atoms with Crippen LogP contribution in [-0.2, 0) is 0 Å². The lowest BCUT2D eigenvalue weighted by molar-refractivity contribution is 0.836. The molecule has 0 heterocycles. The number of nitrogens with zero attached hydrogens (tertiary/aromatic N) is 1. The SMILES string of the molecule is C/C=C\C=C/C(C)=NC(C)C. The van der Waals surface area contributed by atoms with Gasteiger partial charge >= 0.3 is 0 Å². The standard InChI is InChI=1S/C10H17N/c1-5-6-7-8-10(4)11-9(2)3/h5-9H,1-4H3/b6-5-,8-7-,11-10?. The lowest BCUT2D eigenvalue weighted by Crippen LogP contribution is -1.93. The molecule has 0 rings (SSSR count). The fourth-order valence-corrected chi connectivity index (χ4v) is 0.756. The van der Waals surface area contributed by atoms with E-state index < -0.39 is 0 Å². The Morgan fingerprint density at radius 1 is 1.27 bits per heavy atom. The summed E-state index contributed by atoms with van der Waals surface area (Å²) in [6.45, 7) is 8.17. The predicted molar refractivity (Wildman–Crippen MR) is 52.2 cm³/mol. The van der Waals surface area contributed by atoms with Crippen molar-refractivity contribution in [2.45, 2.75) is 33.7 Å². The van der Waals surface area contributed by atoms with Crippen LogP contribution in [0.2, 0.25) is 0 Å². The molecule has 0 saturated heterocycles. The van der Waals surface area contributed by atoms with Gasteiger partial charge in [0, 0.05) is 11.8 Å². The fraction of sp³-hybridized carbons (Fsp3) is 0.500. The van der Waals surface area contributed by atoms with Crippen LogP contribution in [0.5, 0.6) is 0 Å². The van der Waals surface area contributed by atoms with Crippen LogP contribution in [0, 0.1) is 0 Å². The Morgan fingerprint density at radius 2 is 1.91 bits per heavy atom. The summed E-state index contributed by atoms with van der Waals surface area (Å²) in [5.41, 5.74) is 1.08. The molecular formula is C10H17N. The van der Waals surface area contributed by atoms with Gasteiger partial charge in [0.25, 0.3) is 0 Å². The molecule has 0 aliphatic rings. The number of allylic oxidation sites excluding steroid dienone is 4. The van der Waals surface area contributed by atoms with Gasteiger partial charge < -0.3 is 0 Å². The summed E-state index contributed by atoms with van der Waals surface area (Å²) in [5, 5.41) is 0. The van der Waals surface area contributed by atoms with E-state index in [-0.39, 0.29) is 0 Å². The van der Waals surface area contributed by atoms with Crippen molar-refractivity contribution in [3.8, 4) is 0 Å². The van der Waals surface area contributed by atoms with Crippen molar-refractivity contribution < 1.29 is 0 Å². The van der Waals surface area contributed by atoms with E-state index >= 15 is 0 Å². The summed E-state index contributed by atoms with van der Waals surface area (Å²) in [6, 6.07) is 0.394. The molecular weight excluding hydrogens is 134 g/mol. The van der Waals surface area contributed by atoms with E-state index in [0.29, 0.717) is 6.04 Å². The maximum absolute atomic E-state index is 4.35. The van der Waals surface area contributed by atoms with Gasteiger partial charge in [-0.1, -0.05) is 18.2 Å². The number of hydrogen-bond donors (Lipinski definition) is 0. The molecule has 0 radical (unpaired) electrons. The van der Waals surface area contributed by atoms with Crippen molar-refractivity contribution in [2.75, 3.05) is 0 Å². The molecule has 0 N–H and O–H groups in total. The van der Waals surface area contributed by atoms with E-state index in [1.165, 1.54) is 0 Å². The highest BCUT2D eigenvalue weighted by molar-refractivity contribution is 5.93. The first-order chi connectivity index (χ1) is 5.16. The van der Waals surface area contributed by atoms with Crippen LogP contribution in [0.1, 0.15) is 27.7 Å². The monoisotopic (exact) mass is 151 g/mol. The molecule has 1 heteroatoms. The summed E-state index contributed by atoms with van der Waals surface area (Å²) < 4.78 is 0. The van der Waals surface area contributed by atoms with Crippen LogP contribution in [-0.4, -0.2) is 11.8 Å². The average molecular weight is 151 g/mol. The molecule has 0 aromatic rings. The molecule has 1 nitrogen and oxygen atoms in total. The van der Waals surface area contributed by atoms with E-state index in [0.717, 1.165) is 5.71 Å². The molecule has 0 aliphatic carbocycles. The van der Waals surface area contributed by atoms with E-state index in [4.69, 9.17) is 0 Å². The van der Waals surface area contributed by atoms with Gasteiger partial charge in [-0.3, -0.25) is 4.99 Å². The first-order valence-electron chi connectivity index (χ1n) is 4.00. The summed E-state index contributed by atoms with van der Waals surface area (Å²) in [5.74, 6) is 0. The second-order valence-electron chi connectivity index (χ2n) is 2.75. The summed E-state index contributed by atoms with van der Waals surface area (Å²) in [6.07, 6.45) is 8.01. The molecule has 0 spiro atoms. The second-order valence-corrected chi connectivity index (χ2v) is 2.75. The average Bonchev–Trinajstić information content (AvgIpc) is 1.86. The summed E-state index contributed by atoms with van der Waals surface area (Å²) in [7, 11) is 0. The number of rotatable bonds is 3. The van der Waals surface area contributed by atoms with E-state index in [1.54, 1.807) is 0 Å². The maximum atomic E-state index is 4.35. The van der Waals surface area contributed by atoms with Gasteiger partial charge in [-0.2, -0.15) is 0 Å². The first kappa shape index (κ1) is 10.2. The van der Waals surface area contributed by atoms with Crippen LogP contribution >= 0.6 is 0 Å². The Hall–Kier alpha value is -0.850. The third-order valence-electron chi connectivity index (χ3n) is 1.10. The fourth-order valence-electron chi connectivity index (χ4n) is 0.756. The van der Waals surface area contributed by atoms with Crippen LogP contribution < -0.4 is 0 Å². The van der Waals surface area contributed by atoms with Crippen molar-refractivity contribution >= 4 is 5.71 Å². The zero-order chi connectivity index (χ0) is 8.69. The number of hydrogen-bond acceptors (Lipinski definition) is 1. The smallest absolute Gasteiger partial charge is 0.0446 e. The largest absolute Gasteiger partial charge is 0.287 e. The second kappa shape index (κ2) is 5.90. The molecule has 0 unspecified atom stereocenters.